The normalized spacial score (nSPS) is 13.3. The number of nitrogens with zero attached hydrogens (tertiary/aromatic N) is 1. The smallest absolute Gasteiger partial charge is 0.0640 e. The third-order valence-corrected chi connectivity index (χ3v) is 4.04. The van der Waals surface area contributed by atoms with Crippen molar-refractivity contribution in [1.82, 2.24) is 4.90 Å². The lowest BCUT2D eigenvalue weighted by Gasteiger charge is -2.24. The van der Waals surface area contributed by atoms with Gasteiger partial charge >= 0.3 is 0 Å². The maximum absolute atomic E-state index is 6.23. The standard InChI is InChI=1S/C15H24Cl2N2/c1-4-19(10-11(2)3)9-8-14(18)12-6-5-7-13(16)15(12)17/h5-7,11,14H,4,8-10,18H2,1-3H3. The maximum Gasteiger partial charge on any atom is 0.0640 e. The van der Waals surface area contributed by atoms with Gasteiger partial charge in [-0.2, -0.15) is 0 Å². The van der Waals surface area contributed by atoms with Crippen LogP contribution in [0.15, 0.2) is 18.2 Å². The Morgan fingerprint density at radius 2 is 1.95 bits per heavy atom. The fraction of sp³-hybridized carbons (Fsp3) is 0.600. The van der Waals surface area contributed by atoms with Crippen molar-refractivity contribution in [2.24, 2.45) is 11.7 Å². The van der Waals surface area contributed by atoms with Gasteiger partial charge in [0.1, 0.15) is 0 Å². The van der Waals surface area contributed by atoms with E-state index in [9.17, 15) is 0 Å². The van der Waals surface area contributed by atoms with Gasteiger partial charge in [-0.1, -0.05) is 56.1 Å². The molecule has 2 N–H and O–H groups in total. The van der Waals surface area contributed by atoms with Gasteiger partial charge in [0.05, 0.1) is 10.0 Å². The van der Waals surface area contributed by atoms with Gasteiger partial charge in [0.15, 0.2) is 0 Å². The predicted octanol–water partition coefficient (Wildman–Crippen LogP) is 4.36. The molecule has 0 saturated heterocycles. The summed E-state index contributed by atoms with van der Waals surface area (Å²) in [7, 11) is 0. The predicted molar refractivity (Wildman–Crippen MR) is 85.0 cm³/mol. The monoisotopic (exact) mass is 302 g/mol. The number of rotatable bonds is 7. The van der Waals surface area contributed by atoms with E-state index in [0.29, 0.717) is 16.0 Å². The van der Waals surface area contributed by atoms with Gasteiger partial charge in [0.25, 0.3) is 0 Å². The number of hydrogen-bond donors (Lipinski definition) is 1. The Labute approximate surface area is 126 Å². The first kappa shape index (κ1) is 16.8. The van der Waals surface area contributed by atoms with E-state index in [2.05, 4.69) is 25.7 Å². The molecule has 0 fully saturated rings. The summed E-state index contributed by atoms with van der Waals surface area (Å²) in [5, 5.41) is 1.16. The molecule has 0 aliphatic heterocycles. The van der Waals surface area contributed by atoms with E-state index in [1.807, 2.05) is 12.1 Å². The molecule has 0 spiro atoms. The van der Waals surface area contributed by atoms with E-state index in [4.69, 9.17) is 28.9 Å². The van der Waals surface area contributed by atoms with Crippen LogP contribution in [0.25, 0.3) is 0 Å². The van der Waals surface area contributed by atoms with Crippen molar-refractivity contribution in [3.05, 3.63) is 33.8 Å². The molecule has 1 unspecified atom stereocenters. The van der Waals surface area contributed by atoms with Crippen LogP contribution in [0.4, 0.5) is 0 Å². The van der Waals surface area contributed by atoms with Gasteiger partial charge in [-0.25, -0.2) is 0 Å². The highest BCUT2D eigenvalue weighted by Crippen LogP contribution is 2.30. The van der Waals surface area contributed by atoms with Crippen LogP contribution in [0.5, 0.6) is 0 Å². The molecule has 2 nitrogen and oxygen atoms in total. The summed E-state index contributed by atoms with van der Waals surface area (Å²) in [5.74, 6) is 0.672. The highest BCUT2D eigenvalue weighted by Gasteiger charge is 2.14. The minimum Gasteiger partial charge on any atom is -0.324 e. The molecule has 0 amide bonds. The largest absolute Gasteiger partial charge is 0.324 e. The van der Waals surface area contributed by atoms with Gasteiger partial charge < -0.3 is 10.6 Å². The summed E-state index contributed by atoms with van der Waals surface area (Å²) >= 11 is 12.2. The lowest BCUT2D eigenvalue weighted by molar-refractivity contribution is 0.247. The van der Waals surface area contributed by atoms with Crippen LogP contribution >= 0.6 is 23.2 Å². The molecular formula is C15H24Cl2N2. The van der Waals surface area contributed by atoms with Crippen LogP contribution in [-0.2, 0) is 0 Å². The summed E-state index contributed by atoms with van der Waals surface area (Å²) in [4.78, 5) is 2.42. The molecule has 0 saturated carbocycles. The topological polar surface area (TPSA) is 29.3 Å². The first-order chi connectivity index (χ1) is 8.95. The van der Waals surface area contributed by atoms with Crippen molar-refractivity contribution in [1.29, 1.82) is 0 Å². The summed E-state index contributed by atoms with van der Waals surface area (Å²) in [6.45, 7) is 9.78. The molecule has 0 aliphatic rings. The fourth-order valence-electron chi connectivity index (χ4n) is 2.18. The molecule has 0 bridgehead atoms. The summed E-state index contributed by atoms with van der Waals surface area (Å²) < 4.78 is 0. The van der Waals surface area contributed by atoms with Gasteiger partial charge in [-0.15, -0.1) is 0 Å². The average molecular weight is 303 g/mol. The van der Waals surface area contributed by atoms with Crippen molar-refractivity contribution in [2.75, 3.05) is 19.6 Å². The minimum atomic E-state index is -0.0626. The van der Waals surface area contributed by atoms with Gasteiger partial charge in [0, 0.05) is 12.6 Å². The number of halogens is 2. The Balaban J connectivity index is 2.59. The Morgan fingerprint density at radius 1 is 1.26 bits per heavy atom. The van der Waals surface area contributed by atoms with Crippen LogP contribution in [0, 0.1) is 5.92 Å². The van der Waals surface area contributed by atoms with E-state index in [-0.39, 0.29) is 6.04 Å². The van der Waals surface area contributed by atoms with Crippen LogP contribution in [0.3, 0.4) is 0 Å². The van der Waals surface area contributed by atoms with E-state index in [1.165, 1.54) is 0 Å². The van der Waals surface area contributed by atoms with Gasteiger partial charge in [-0.3, -0.25) is 0 Å². The molecule has 1 rings (SSSR count). The highest BCUT2D eigenvalue weighted by atomic mass is 35.5. The molecule has 1 aromatic carbocycles. The molecule has 0 aromatic heterocycles. The lowest BCUT2D eigenvalue weighted by atomic mass is 10.0. The Bertz CT molecular complexity index is 394. The van der Waals surface area contributed by atoms with Crippen LogP contribution in [0.2, 0.25) is 10.0 Å². The fourth-order valence-corrected chi connectivity index (χ4v) is 2.63. The summed E-state index contributed by atoms with van der Waals surface area (Å²) in [6, 6.07) is 5.58. The maximum atomic E-state index is 6.23. The average Bonchev–Trinajstić information content (AvgIpc) is 2.37. The first-order valence-corrected chi connectivity index (χ1v) is 7.63. The third kappa shape index (κ3) is 5.31. The van der Waals surface area contributed by atoms with Crippen molar-refractivity contribution in [3.8, 4) is 0 Å². The highest BCUT2D eigenvalue weighted by molar-refractivity contribution is 6.42. The molecule has 4 heteroatoms. The zero-order chi connectivity index (χ0) is 14.4. The van der Waals surface area contributed by atoms with E-state index < -0.39 is 0 Å². The lowest BCUT2D eigenvalue weighted by Crippen LogP contribution is -2.30. The number of nitrogens with two attached hydrogens (primary N) is 1. The second-order valence-corrected chi connectivity index (χ2v) is 6.11. The quantitative estimate of drug-likeness (QED) is 0.811. The molecule has 0 radical (unpaired) electrons. The number of hydrogen-bond acceptors (Lipinski definition) is 2. The number of benzene rings is 1. The van der Waals surface area contributed by atoms with Crippen molar-refractivity contribution >= 4 is 23.2 Å². The minimum absolute atomic E-state index is 0.0626. The zero-order valence-electron chi connectivity index (χ0n) is 12.0. The van der Waals surface area contributed by atoms with Gasteiger partial charge in [0.2, 0.25) is 0 Å². The third-order valence-electron chi connectivity index (χ3n) is 3.21. The zero-order valence-corrected chi connectivity index (χ0v) is 13.5. The molecule has 1 aromatic rings. The Kier molecular flexibility index (Phi) is 7.16. The van der Waals surface area contributed by atoms with E-state index >= 15 is 0 Å². The first-order valence-electron chi connectivity index (χ1n) is 6.87. The summed E-state index contributed by atoms with van der Waals surface area (Å²) in [5.41, 5.74) is 7.17. The molecular weight excluding hydrogens is 279 g/mol. The summed E-state index contributed by atoms with van der Waals surface area (Å²) in [6.07, 6.45) is 0.890. The molecule has 0 aliphatic carbocycles. The molecule has 108 valence electrons. The second-order valence-electron chi connectivity index (χ2n) is 5.33. The van der Waals surface area contributed by atoms with Crippen molar-refractivity contribution in [3.63, 3.8) is 0 Å². The molecule has 1 atom stereocenters. The van der Waals surface area contributed by atoms with E-state index in [0.717, 1.165) is 31.6 Å². The van der Waals surface area contributed by atoms with Crippen molar-refractivity contribution < 1.29 is 0 Å². The van der Waals surface area contributed by atoms with Crippen LogP contribution in [0.1, 0.15) is 38.8 Å². The molecule has 0 heterocycles. The van der Waals surface area contributed by atoms with E-state index in [1.54, 1.807) is 6.07 Å². The second kappa shape index (κ2) is 8.11. The van der Waals surface area contributed by atoms with Gasteiger partial charge in [-0.05, 0) is 37.1 Å². The van der Waals surface area contributed by atoms with Crippen LogP contribution < -0.4 is 5.73 Å². The molecule has 19 heavy (non-hydrogen) atoms. The Morgan fingerprint density at radius 3 is 2.53 bits per heavy atom. The Hall–Kier alpha value is -0.280. The van der Waals surface area contributed by atoms with Crippen LogP contribution in [-0.4, -0.2) is 24.5 Å². The SMILES string of the molecule is CCN(CCC(N)c1cccc(Cl)c1Cl)CC(C)C. The van der Waals surface area contributed by atoms with Crippen molar-refractivity contribution in [2.45, 2.75) is 33.2 Å².